The molecule has 1 fully saturated rings. The highest BCUT2D eigenvalue weighted by Crippen LogP contribution is 2.32. The predicted molar refractivity (Wildman–Crippen MR) is 87.4 cm³/mol. The highest BCUT2D eigenvalue weighted by Gasteiger charge is 2.35. The third-order valence-electron chi connectivity index (χ3n) is 3.85. The molecule has 0 amide bonds. The van der Waals surface area contributed by atoms with Crippen molar-refractivity contribution >= 4 is 21.6 Å². The smallest absolute Gasteiger partial charge is 0.245 e. The van der Waals surface area contributed by atoms with Crippen LogP contribution in [0.3, 0.4) is 0 Å². The third-order valence-corrected chi connectivity index (χ3v) is 6.26. The molecule has 4 nitrogen and oxygen atoms in total. The Bertz CT molecular complexity index is 813. The number of piperazine rings is 1. The maximum atomic E-state index is 13.5. The van der Waals surface area contributed by atoms with Gasteiger partial charge in [0.25, 0.3) is 0 Å². The normalized spacial score (nSPS) is 19.7. The minimum Gasteiger partial charge on any atom is -0.313 e. The maximum Gasteiger partial charge on any atom is 0.245 e. The number of sulfonamides is 1. The van der Waals surface area contributed by atoms with E-state index < -0.39 is 16.1 Å². The fraction of sp³-hybridized carbons (Fsp3) is 0.250. The van der Waals surface area contributed by atoms with Crippen LogP contribution in [0.4, 0.5) is 4.39 Å². The van der Waals surface area contributed by atoms with Crippen molar-refractivity contribution in [3.63, 3.8) is 0 Å². The van der Waals surface area contributed by atoms with Gasteiger partial charge in [-0.2, -0.15) is 4.31 Å². The van der Waals surface area contributed by atoms with E-state index in [0.29, 0.717) is 25.2 Å². The average Bonchev–Trinajstić information content (AvgIpc) is 2.55. The fourth-order valence-electron chi connectivity index (χ4n) is 2.75. The molecule has 3 rings (SSSR count). The van der Waals surface area contributed by atoms with E-state index in [9.17, 15) is 12.8 Å². The lowest BCUT2D eigenvalue weighted by Gasteiger charge is -2.35. The van der Waals surface area contributed by atoms with Crippen LogP contribution < -0.4 is 5.32 Å². The average molecular weight is 355 g/mol. The van der Waals surface area contributed by atoms with E-state index in [-0.39, 0.29) is 15.7 Å². The Hall–Kier alpha value is -1.47. The summed E-state index contributed by atoms with van der Waals surface area (Å²) in [7, 11) is -3.76. The van der Waals surface area contributed by atoms with Crippen molar-refractivity contribution in [1.29, 1.82) is 0 Å². The third kappa shape index (κ3) is 3.26. The molecule has 122 valence electrons. The van der Waals surface area contributed by atoms with Gasteiger partial charge in [-0.05, 0) is 29.8 Å². The molecule has 1 aliphatic rings. The fourth-order valence-corrected chi connectivity index (χ4v) is 4.86. The summed E-state index contributed by atoms with van der Waals surface area (Å²) in [6.07, 6.45) is 0. The molecule has 0 aliphatic carbocycles. The van der Waals surface area contributed by atoms with Crippen LogP contribution in [0.2, 0.25) is 5.02 Å². The predicted octanol–water partition coefficient (Wildman–Crippen LogP) is 2.81. The first kappa shape index (κ1) is 16.4. The molecule has 2 aromatic carbocycles. The summed E-state index contributed by atoms with van der Waals surface area (Å²) in [4.78, 5) is 0.0740. The van der Waals surface area contributed by atoms with Gasteiger partial charge >= 0.3 is 0 Å². The van der Waals surface area contributed by atoms with E-state index in [1.807, 2.05) is 0 Å². The Balaban J connectivity index is 2.03. The first-order valence-corrected chi connectivity index (χ1v) is 9.04. The van der Waals surface area contributed by atoms with Gasteiger partial charge in [-0.1, -0.05) is 35.9 Å². The molecule has 2 aromatic rings. The molecular formula is C16H16ClFN2O2S. The highest BCUT2D eigenvalue weighted by atomic mass is 35.5. The van der Waals surface area contributed by atoms with Crippen LogP contribution in [0.25, 0.3) is 0 Å². The van der Waals surface area contributed by atoms with E-state index >= 15 is 0 Å². The molecule has 1 saturated heterocycles. The number of rotatable bonds is 3. The van der Waals surface area contributed by atoms with Crippen LogP contribution >= 0.6 is 11.6 Å². The van der Waals surface area contributed by atoms with Gasteiger partial charge in [-0.25, -0.2) is 12.8 Å². The number of benzene rings is 2. The maximum absolute atomic E-state index is 13.5. The van der Waals surface area contributed by atoms with Crippen molar-refractivity contribution in [3.8, 4) is 0 Å². The van der Waals surface area contributed by atoms with Crippen LogP contribution in [0.15, 0.2) is 53.4 Å². The van der Waals surface area contributed by atoms with E-state index in [1.165, 1.54) is 22.5 Å². The van der Waals surface area contributed by atoms with Crippen LogP contribution in [-0.2, 0) is 10.0 Å². The first-order chi connectivity index (χ1) is 11.0. The molecule has 1 unspecified atom stereocenters. The molecule has 0 radical (unpaired) electrons. The Labute approximate surface area is 139 Å². The van der Waals surface area contributed by atoms with Gasteiger partial charge in [-0.15, -0.1) is 0 Å². The van der Waals surface area contributed by atoms with Gasteiger partial charge in [0, 0.05) is 19.6 Å². The van der Waals surface area contributed by atoms with Crippen molar-refractivity contribution in [2.45, 2.75) is 10.9 Å². The topological polar surface area (TPSA) is 49.4 Å². The van der Waals surface area contributed by atoms with Crippen molar-refractivity contribution in [2.24, 2.45) is 0 Å². The lowest BCUT2D eigenvalue weighted by atomic mass is 10.1. The lowest BCUT2D eigenvalue weighted by molar-refractivity contribution is 0.271. The Morgan fingerprint density at radius 2 is 1.96 bits per heavy atom. The van der Waals surface area contributed by atoms with E-state index in [1.54, 1.807) is 30.3 Å². The van der Waals surface area contributed by atoms with Crippen LogP contribution in [0.1, 0.15) is 11.6 Å². The second kappa shape index (κ2) is 6.57. The SMILES string of the molecule is O=S(=O)(c1ccccc1Cl)N1CCNCC1c1cccc(F)c1. The molecule has 1 N–H and O–H groups in total. The highest BCUT2D eigenvalue weighted by molar-refractivity contribution is 7.89. The quantitative estimate of drug-likeness (QED) is 0.922. The minimum atomic E-state index is -3.76. The Kier molecular flexibility index (Phi) is 4.68. The summed E-state index contributed by atoms with van der Waals surface area (Å²) >= 11 is 6.07. The summed E-state index contributed by atoms with van der Waals surface area (Å²) < 4.78 is 40.9. The monoisotopic (exact) mass is 354 g/mol. The zero-order chi connectivity index (χ0) is 16.4. The zero-order valence-electron chi connectivity index (χ0n) is 12.2. The lowest BCUT2D eigenvalue weighted by Crippen LogP contribution is -2.48. The van der Waals surface area contributed by atoms with Gasteiger partial charge in [0.15, 0.2) is 0 Å². The van der Waals surface area contributed by atoms with Crippen molar-refractivity contribution in [2.75, 3.05) is 19.6 Å². The number of nitrogens with one attached hydrogen (secondary N) is 1. The Morgan fingerprint density at radius 3 is 2.70 bits per heavy atom. The van der Waals surface area contributed by atoms with Crippen LogP contribution in [-0.4, -0.2) is 32.4 Å². The summed E-state index contributed by atoms with van der Waals surface area (Å²) in [5.41, 5.74) is 0.618. The number of halogens is 2. The summed E-state index contributed by atoms with van der Waals surface area (Å²) in [6, 6.07) is 11.9. The van der Waals surface area contributed by atoms with Crippen LogP contribution in [0, 0.1) is 5.82 Å². The van der Waals surface area contributed by atoms with Gasteiger partial charge in [-0.3, -0.25) is 0 Å². The molecule has 1 atom stereocenters. The molecule has 0 aromatic heterocycles. The first-order valence-electron chi connectivity index (χ1n) is 7.23. The number of hydrogen-bond acceptors (Lipinski definition) is 3. The number of nitrogens with zero attached hydrogens (tertiary/aromatic N) is 1. The largest absolute Gasteiger partial charge is 0.313 e. The van der Waals surface area contributed by atoms with Crippen LogP contribution in [0.5, 0.6) is 0 Å². The second-order valence-corrected chi connectivity index (χ2v) is 7.59. The van der Waals surface area contributed by atoms with Gasteiger partial charge in [0.05, 0.1) is 11.1 Å². The summed E-state index contributed by atoms with van der Waals surface area (Å²) in [5, 5.41) is 3.34. The van der Waals surface area contributed by atoms with Crippen molar-refractivity contribution in [1.82, 2.24) is 9.62 Å². The van der Waals surface area contributed by atoms with Gasteiger partial charge in [0.1, 0.15) is 10.7 Å². The van der Waals surface area contributed by atoms with Crippen molar-refractivity contribution in [3.05, 3.63) is 64.9 Å². The zero-order valence-corrected chi connectivity index (χ0v) is 13.8. The minimum absolute atomic E-state index is 0.0740. The van der Waals surface area contributed by atoms with Gasteiger partial charge < -0.3 is 5.32 Å². The molecule has 1 heterocycles. The Morgan fingerprint density at radius 1 is 1.17 bits per heavy atom. The molecule has 0 spiro atoms. The summed E-state index contributed by atoms with van der Waals surface area (Å²) in [6.45, 7) is 1.26. The van der Waals surface area contributed by atoms with E-state index in [4.69, 9.17) is 11.6 Å². The molecule has 7 heteroatoms. The van der Waals surface area contributed by atoms with E-state index in [2.05, 4.69) is 5.32 Å². The van der Waals surface area contributed by atoms with E-state index in [0.717, 1.165) is 0 Å². The van der Waals surface area contributed by atoms with Crippen molar-refractivity contribution < 1.29 is 12.8 Å². The molecule has 23 heavy (non-hydrogen) atoms. The second-order valence-electron chi connectivity index (χ2n) is 5.32. The standard InChI is InChI=1S/C16H16ClFN2O2S/c17-14-6-1-2-7-16(14)23(21,22)20-9-8-19-11-15(20)12-4-3-5-13(18)10-12/h1-7,10,15,19H,8-9,11H2. The number of hydrogen-bond donors (Lipinski definition) is 1. The molecule has 0 bridgehead atoms. The molecule has 0 saturated carbocycles. The van der Waals surface area contributed by atoms with Gasteiger partial charge in [0.2, 0.25) is 10.0 Å². The summed E-state index contributed by atoms with van der Waals surface area (Å²) in [5.74, 6) is -0.386. The molecule has 1 aliphatic heterocycles. The molecular weight excluding hydrogens is 339 g/mol.